The number of aromatic amines is 1. The minimum atomic E-state index is -0.754. The molecule has 2 N–H and O–H groups in total. The number of ether oxygens (including phenoxy) is 1. The van der Waals surface area contributed by atoms with Gasteiger partial charge in [0.1, 0.15) is 0 Å². The van der Waals surface area contributed by atoms with Gasteiger partial charge in [-0.2, -0.15) is 0 Å². The Morgan fingerprint density at radius 1 is 1.03 bits per heavy atom. The molecule has 6 rings (SSSR count). The fourth-order valence-electron chi connectivity index (χ4n) is 8.96. The van der Waals surface area contributed by atoms with Crippen molar-refractivity contribution in [3.05, 3.63) is 35.5 Å². The zero-order valence-corrected chi connectivity index (χ0v) is 19.9. The van der Waals surface area contributed by atoms with Crippen LogP contribution in [0.15, 0.2) is 24.3 Å². The van der Waals surface area contributed by atoms with E-state index in [-0.39, 0.29) is 28.5 Å². The number of fused-ring (bicyclic) bond motifs is 9. The fraction of sp³-hybridized carbons (Fsp3) is 0.714. The van der Waals surface area contributed by atoms with E-state index in [2.05, 4.69) is 50.0 Å². The lowest BCUT2D eigenvalue weighted by molar-refractivity contribution is -0.246. The molecular weight excluding hydrogens is 382 g/mol. The quantitative estimate of drug-likeness (QED) is 0.581. The second kappa shape index (κ2) is 6.17. The Morgan fingerprint density at radius 2 is 1.81 bits per heavy atom. The first kappa shape index (κ1) is 20.3. The third kappa shape index (κ3) is 2.43. The zero-order valence-electron chi connectivity index (χ0n) is 19.9. The number of H-pyrrole nitrogens is 1. The molecule has 2 saturated carbocycles. The van der Waals surface area contributed by atoms with Gasteiger partial charge in [0, 0.05) is 22.0 Å². The molecule has 2 aromatic rings. The van der Waals surface area contributed by atoms with Crippen LogP contribution in [-0.2, 0) is 16.6 Å². The van der Waals surface area contributed by atoms with Gasteiger partial charge < -0.3 is 14.8 Å². The van der Waals surface area contributed by atoms with Crippen molar-refractivity contribution in [1.29, 1.82) is 0 Å². The van der Waals surface area contributed by atoms with Crippen molar-refractivity contribution in [3.8, 4) is 0 Å². The minimum absolute atomic E-state index is 0.0337. The van der Waals surface area contributed by atoms with E-state index in [4.69, 9.17) is 4.74 Å². The van der Waals surface area contributed by atoms with Crippen molar-refractivity contribution in [3.63, 3.8) is 0 Å². The molecular formula is C28H39NO2. The molecule has 0 bridgehead atoms. The molecule has 0 spiro atoms. The van der Waals surface area contributed by atoms with E-state index in [1.54, 1.807) is 11.3 Å². The highest BCUT2D eigenvalue weighted by Crippen LogP contribution is 2.71. The van der Waals surface area contributed by atoms with Gasteiger partial charge in [0.05, 0.1) is 17.8 Å². The summed E-state index contributed by atoms with van der Waals surface area (Å²) in [5.74, 6) is 1.41. The molecule has 4 aliphatic rings. The van der Waals surface area contributed by atoms with Crippen LogP contribution in [0.5, 0.6) is 0 Å². The summed E-state index contributed by atoms with van der Waals surface area (Å²) < 4.78 is 6.66. The van der Waals surface area contributed by atoms with Gasteiger partial charge in [0.25, 0.3) is 0 Å². The Labute approximate surface area is 187 Å². The molecule has 1 saturated heterocycles. The van der Waals surface area contributed by atoms with Crippen molar-refractivity contribution >= 4 is 10.9 Å². The van der Waals surface area contributed by atoms with Crippen LogP contribution in [0.2, 0.25) is 0 Å². The van der Waals surface area contributed by atoms with Crippen molar-refractivity contribution in [2.24, 2.45) is 22.7 Å². The van der Waals surface area contributed by atoms with Crippen molar-refractivity contribution in [1.82, 2.24) is 4.98 Å². The highest BCUT2D eigenvalue weighted by molar-refractivity contribution is 5.86. The molecule has 31 heavy (non-hydrogen) atoms. The van der Waals surface area contributed by atoms with E-state index >= 15 is 0 Å². The summed E-state index contributed by atoms with van der Waals surface area (Å²) in [5, 5.41) is 12.1. The second-order valence-corrected chi connectivity index (χ2v) is 12.5. The largest absolute Gasteiger partial charge is 0.388 e. The Morgan fingerprint density at radius 3 is 2.58 bits per heavy atom. The number of hydrogen-bond acceptors (Lipinski definition) is 2. The monoisotopic (exact) mass is 421 g/mol. The molecule has 1 aromatic carbocycles. The summed E-state index contributed by atoms with van der Waals surface area (Å²) >= 11 is 0. The summed E-state index contributed by atoms with van der Waals surface area (Å²) in [4.78, 5) is 3.92. The number of hydrogen-bond donors (Lipinski definition) is 2. The first-order valence-corrected chi connectivity index (χ1v) is 12.6. The Hall–Kier alpha value is -1.32. The molecule has 2 heterocycles. The number of benzene rings is 1. The van der Waals surface area contributed by atoms with Gasteiger partial charge in [-0.1, -0.05) is 39.0 Å². The van der Waals surface area contributed by atoms with Crippen LogP contribution in [0.4, 0.5) is 0 Å². The first-order chi connectivity index (χ1) is 14.6. The van der Waals surface area contributed by atoms with Gasteiger partial charge in [0.2, 0.25) is 0 Å². The summed E-state index contributed by atoms with van der Waals surface area (Å²) in [6.07, 6.45) is 8.61. The normalized spacial score (nSPS) is 44.5. The molecule has 1 unspecified atom stereocenters. The van der Waals surface area contributed by atoms with Crippen molar-refractivity contribution < 1.29 is 9.84 Å². The van der Waals surface area contributed by atoms with E-state index in [0.29, 0.717) is 5.92 Å². The maximum atomic E-state index is 10.6. The van der Waals surface area contributed by atoms with E-state index < -0.39 is 5.60 Å². The smallest absolute Gasteiger partial charge is 0.0860 e. The Bertz CT molecular complexity index is 1030. The van der Waals surface area contributed by atoms with Crippen LogP contribution in [0.25, 0.3) is 10.9 Å². The number of rotatable bonds is 1. The van der Waals surface area contributed by atoms with Crippen LogP contribution < -0.4 is 0 Å². The van der Waals surface area contributed by atoms with Crippen LogP contribution in [0.3, 0.4) is 0 Å². The third-order valence-corrected chi connectivity index (χ3v) is 10.9. The topological polar surface area (TPSA) is 45.2 Å². The summed E-state index contributed by atoms with van der Waals surface area (Å²) in [5.41, 5.74) is 4.38. The number of para-hydroxylation sites is 1. The van der Waals surface area contributed by atoms with Crippen LogP contribution >= 0.6 is 0 Å². The summed E-state index contributed by atoms with van der Waals surface area (Å²) in [7, 11) is 0. The standard InChI is InChI=1S/C28H39NO2/c1-25(2,30)22-12-14-26(3)21-11-10-17-16-19-18-8-6-7-9-20(18)29-24(19)28(17,5)27(21,4)15-13-23(26)31-22/h6-9,17,21-23,29-30H,10-16H2,1-5H3/t17-,21?,22-,23-,26-,27-,28+/m0/s1. The SMILES string of the molecule is CC(C)(O)[C@@H]1CC[C@@]2(C)C3CC[C@H]4Cc5c([nH]c6ccccc56)[C@]4(C)[C@@]3(C)CC[C@@H]2O1. The third-order valence-electron chi connectivity index (χ3n) is 10.9. The van der Waals surface area contributed by atoms with Gasteiger partial charge in [-0.3, -0.25) is 0 Å². The molecule has 1 aliphatic heterocycles. The maximum absolute atomic E-state index is 10.6. The van der Waals surface area contributed by atoms with Gasteiger partial charge in [-0.15, -0.1) is 0 Å². The second-order valence-electron chi connectivity index (χ2n) is 12.5. The first-order valence-electron chi connectivity index (χ1n) is 12.6. The number of nitrogens with one attached hydrogen (secondary N) is 1. The summed E-state index contributed by atoms with van der Waals surface area (Å²) in [6.45, 7) is 11.6. The highest BCUT2D eigenvalue weighted by Gasteiger charge is 2.67. The number of aliphatic hydroxyl groups is 1. The molecule has 0 radical (unpaired) electrons. The number of aromatic nitrogens is 1. The molecule has 7 atom stereocenters. The van der Waals surface area contributed by atoms with Crippen LogP contribution in [0.1, 0.15) is 84.4 Å². The molecule has 3 aliphatic carbocycles. The Balaban J connectivity index is 1.42. The molecule has 3 heteroatoms. The highest BCUT2D eigenvalue weighted by atomic mass is 16.5. The van der Waals surface area contributed by atoms with Gasteiger partial charge in [-0.05, 0) is 93.1 Å². The lowest BCUT2D eigenvalue weighted by Crippen LogP contribution is -2.64. The Kier molecular flexibility index (Phi) is 4.04. The lowest BCUT2D eigenvalue weighted by Gasteiger charge is -2.67. The minimum Gasteiger partial charge on any atom is -0.388 e. The van der Waals surface area contributed by atoms with E-state index in [1.807, 2.05) is 13.8 Å². The van der Waals surface area contributed by atoms with Gasteiger partial charge >= 0.3 is 0 Å². The van der Waals surface area contributed by atoms with Crippen LogP contribution in [0, 0.1) is 22.7 Å². The van der Waals surface area contributed by atoms with Gasteiger partial charge in [-0.25, -0.2) is 0 Å². The van der Waals surface area contributed by atoms with E-state index in [0.717, 1.165) is 18.8 Å². The predicted octanol–water partition coefficient (Wildman–Crippen LogP) is 6.13. The molecule has 0 amide bonds. The van der Waals surface area contributed by atoms with Crippen LogP contribution in [-0.4, -0.2) is 27.9 Å². The van der Waals surface area contributed by atoms with Crippen molar-refractivity contribution in [2.75, 3.05) is 0 Å². The average Bonchev–Trinajstić information content (AvgIpc) is 3.22. The summed E-state index contributed by atoms with van der Waals surface area (Å²) in [6, 6.07) is 8.91. The lowest BCUT2D eigenvalue weighted by atomic mass is 9.40. The van der Waals surface area contributed by atoms with E-state index in [9.17, 15) is 5.11 Å². The molecule has 168 valence electrons. The van der Waals surface area contributed by atoms with Gasteiger partial charge in [0.15, 0.2) is 0 Å². The average molecular weight is 422 g/mol. The zero-order chi connectivity index (χ0) is 21.8. The molecule has 3 fully saturated rings. The maximum Gasteiger partial charge on any atom is 0.0860 e. The molecule has 1 aromatic heterocycles. The van der Waals surface area contributed by atoms with Crippen molar-refractivity contribution in [2.45, 2.75) is 103 Å². The molecule has 3 nitrogen and oxygen atoms in total. The van der Waals surface area contributed by atoms with E-state index in [1.165, 1.54) is 43.0 Å². The fourth-order valence-corrected chi connectivity index (χ4v) is 8.96. The predicted molar refractivity (Wildman–Crippen MR) is 125 cm³/mol.